The van der Waals surface area contributed by atoms with Crippen molar-refractivity contribution in [3.63, 3.8) is 0 Å². The van der Waals surface area contributed by atoms with Gasteiger partial charge in [0.15, 0.2) is 5.71 Å². The summed E-state index contributed by atoms with van der Waals surface area (Å²) in [4.78, 5) is 21.8. The predicted molar refractivity (Wildman–Crippen MR) is 121 cm³/mol. The molecule has 1 amide bonds. The fourth-order valence-electron chi connectivity index (χ4n) is 2.91. The number of anilines is 2. The third kappa shape index (κ3) is 3.86. The van der Waals surface area contributed by atoms with E-state index in [9.17, 15) is 9.18 Å². The molecule has 0 fully saturated rings. The Balaban J connectivity index is 1.52. The van der Waals surface area contributed by atoms with Crippen molar-refractivity contribution in [3.8, 4) is 11.3 Å². The second-order valence-electron chi connectivity index (χ2n) is 6.36. The summed E-state index contributed by atoms with van der Waals surface area (Å²) in [5.74, 6) is -0.810. The number of carbonyl (C=O) groups excluding carboxylic acids is 1. The Morgan fingerprint density at radius 3 is 2.55 bits per heavy atom. The highest BCUT2D eigenvalue weighted by molar-refractivity contribution is 7.14. The Hall–Kier alpha value is -3.76. The minimum absolute atomic E-state index is 0.0956. The maximum Gasteiger partial charge on any atom is 0.303 e. The topological polar surface area (TPSA) is 82.8 Å². The molecule has 1 aliphatic heterocycles. The molecule has 2 aromatic carbocycles. The Labute approximate surface area is 184 Å². The summed E-state index contributed by atoms with van der Waals surface area (Å²) in [6.07, 6.45) is 1.63. The Kier molecular flexibility index (Phi) is 5.06. The lowest BCUT2D eigenvalue weighted by atomic mass is 10.1. The van der Waals surface area contributed by atoms with E-state index in [0.29, 0.717) is 21.5 Å². The van der Waals surface area contributed by atoms with Crippen molar-refractivity contribution in [1.29, 1.82) is 0 Å². The largest absolute Gasteiger partial charge is 0.303 e. The predicted octanol–water partition coefficient (Wildman–Crippen LogP) is 4.62. The van der Waals surface area contributed by atoms with Gasteiger partial charge in [-0.1, -0.05) is 30.3 Å². The van der Waals surface area contributed by atoms with E-state index in [1.54, 1.807) is 23.7 Å². The van der Waals surface area contributed by atoms with Crippen LogP contribution in [0.15, 0.2) is 81.8 Å². The van der Waals surface area contributed by atoms with Gasteiger partial charge in [0, 0.05) is 28.1 Å². The van der Waals surface area contributed by atoms with Crippen LogP contribution in [0.5, 0.6) is 0 Å². The van der Waals surface area contributed by atoms with Gasteiger partial charge in [-0.15, -0.1) is 22.7 Å². The second-order valence-corrected chi connectivity index (χ2v) is 8.09. The number of nitrogens with zero attached hydrogens (tertiary/aromatic N) is 5. The fraction of sp³-hybridized carbons (Fsp3) is 0. The molecule has 0 unspecified atom stereocenters. The van der Waals surface area contributed by atoms with E-state index in [4.69, 9.17) is 0 Å². The number of nitrogens with one attached hydrogen (secondary N) is 1. The molecule has 3 heterocycles. The van der Waals surface area contributed by atoms with Crippen molar-refractivity contribution in [2.75, 3.05) is 10.4 Å². The van der Waals surface area contributed by atoms with Crippen LogP contribution in [0.2, 0.25) is 0 Å². The molecule has 0 saturated carbocycles. The summed E-state index contributed by atoms with van der Waals surface area (Å²) in [7, 11) is 0. The van der Waals surface area contributed by atoms with E-state index >= 15 is 0 Å². The van der Waals surface area contributed by atoms with Crippen LogP contribution < -0.4 is 10.4 Å². The molecule has 0 spiro atoms. The van der Waals surface area contributed by atoms with Crippen LogP contribution in [0.1, 0.15) is 5.56 Å². The number of hydrogen-bond donors (Lipinski definition) is 1. The van der Waals surface area contributed by atoms with Gasteiger partial charge >= 0.3 is 5.91 Å². The molecule has 0 atom stereocenters. The molecule has 0 bridgehead atoms. The molecule has 7 nitrogen and oxygen atoms in total. The highest BCUT2D eigenvalue weighted by Crippen LogP contribution is 2.30. The van der Waals surface area contributed by atoms with E-state index in [2.05, 4.69) is 25.6 Å². The number of hydrazone groups is 2. The van der Waals surface area contributed by atoms with Crippen LogP contribution in [0.4, 0.5) is 14.7 Å². The molecule has 152 valence electrons. The van der Waals surface area contributed by atoms with E-state index in [-0.39, 0.29) is 11.5 Å². The standard InChI is InChI=1S/C21H13FN6OS2/c22-15-8-6-14(7-9-15)17-18(25-26-20-23-10-11-30-20)19(29)28(27-17)21-24-16(12-31-21)13-4-2-1-3-5-13/h1-12H,(H,23,26)/b25-18-. The third-order valence-electron chi connectivity index (χ3n) is 4.38. The maximum absolute atomic E-state index is 13.4. The highest BCUT2D eigenvalue weighted by Gasteiger charge is 2.36. The zero-order valence-electron chi connectivity index (χ0n) is 15.8. The van der Waals surface area contributed by atoms with Crippen LogP contribution in [-0.4, -0.2) is 27.3 Å². The van der Waals surface area contributed by atoms with E-state index in [1.165, 1.54) is 39.8 Å². The molecule has 2 aromatic heterocycles. The normalized spacial score (nSPS) is 14.9. The van der Waals surface area contributed by atoms with Crippen molar-refractivity contribution in [2.45, 2.75) is 0 Å². The first-order chi connectivity index (χ1) is 15.2. The van der Waals surface area contributed by atoms with Gasteiger partial charge in [-0.05, 0) is 24.3 Å². The maximum atomic E-state index is 13.4. The number of carbonyl (C=O) groups is 1. The molecule has 1 N–H and O–H groups in total. The van der Waals surface area contributed by atoms with Gasteiger partial charge in [-0.2, -0.15) is 15.2 Å². The summed E-state index contributed by atoms with van der Waals surface area (Å²) in [6, 6.07) is 15.4. The molecule has 1 aliphatic rings. The van der Waals surface area contributed by atoms with Crippen LogP contribution in [0.3, 0.4) is 0 Å². The zero-order chi connectivity index (χ0) is 21.2. The van der Waals surface area contributed by atoms with Crippen molar-refractivity contribution in [3.05, 3.63) is 82.9 Å². The molecular weight excluding hydrogens is 435 g/mol. The first-order valence-corrected chi connectivity index (χ1v) is 10.9. The smallest absolute Gasteiger partial charge is 0.265 e. The number of thiazole rings is 2. The molecule has 0 aliphatic carbocycles. The lowest BCUT2D eigenvalue weighted by Gasteiger charge is -2.06. The number of benzene rings is 2. The SMILES string of the molecule is O=C1/C(=N\Nc2nccs2)C(c2ccc(F)cc2)=NN1c1nc(-c2ccccc2)cs1. The number of aromatic nitrogens is 2. The minimum atomic E-state index is -0.433. The summed E-state index contributed by atoms with van der Waals surface area (Å²) in [5, 5.41) is 14.6. The average molecular weight is 449 g/mol. The summed E-state index contributed by atoms with van der Waals surface area (Å²) in [5.41, 5.74) is 5.47. The second kappa shape index (κ2) is 8.17. The van der Waals surface area contributed by atoms with Crippen LogP contribution >= 0.6 is 22.7 Å². The number of rotatable bonds is 5. The monoisotopic (exact) mass is 448 g/mol. The van der Waals surface area contributed by atoms with Gasteiger partial charge in [0.05, 0.1) is 5.69 Å². The van der Waals surface area contributed by atoms with E-state index in [1.807, 2.05) is 35.7 Å². The van der Waals surface area contributed by atoms with Crippen molar-refractivity contribution in [2.24, 2.45) is 10.2 Å². The van der Waals surface area contributed by atoms with Gasteiger partial charge in [-0.25, -0.2) is 14.4 Å². The molecule has 31 heavy (non-hydrogen) atoms. The van der Waals surface area contributed by atoms with Crippen LogP contribution in [-0.2, 0) is 4.79 Å². The van der Waals surface area contributed by atoms with Gasteiger partial charge in [0.1, 0.15) is 11.5 Å². The molecule has 4 aromatic rings. The average Bonchev–Trinajstić information content (AvgIpc) is 3.54. The number of amides is 1. The fourth-order valence-corrected chi connectivity index (χ4v) is 4.16. The lowest BCUT2D eigenvalue weighted by molar-refractivity contribution is -0.112. The first kappa shape index (κ1) is 19.2. The number of halogens is 1. The van der Waals surface area contributed by atoms with Crippen LogP contribution in [0, 0.1) is 5.82 Å². The quantitative estimate of drug-likeness (QED) is 0.452. The van der Waals surface area contributed by atoms with Crippen molar-refractivity contribution >= 4 is 50.3 Å². The van der Waals surface area contributed by atoms with E-state index < -0.39 is 5.91 Å². The summed E-state index contributed by atoms with van der Waals surface area (Å²) in [6.45, 7) is 0. The van der Waals surface area contributed by atoms with Gasteiger partial charge in [0.2, 0.25) is 10.3 Å². The van der Waals surface area contributed by atoms with E-state index in [0.717, 1.165) is 11.3 Å². The lowest BCUT2D eigenvalue weighted by Crippen LogP contribution is -2.28. The van der Waals surface area contributed by atoms with Gasteiger partial charge in [-0.3, -0.25) is 10.2 Å². The molecule has 5 rings (SSSR count). The first-order valence-electron chi connectivity index (χ1n) is 9.12. The van der Waals surface area contributed by atoms with Crippen LogP contribution in [0.25, 0.3) is 11.3 Å². The zero-order valence-corrected chi connectivity index (χ0v) is 17.4. The molecular formula is C21H13FN6OS2. The van der Waals surface area contributed by atoms with Crippen molar-refractivity contribution in [1.82, 2.24) is 9.97 Å². The Morgan fingerprint density at radius 1 is 1.00 bits per heavy atom. The third-order valence-corrected chi connectivity index (χ3v) is 5.87. The number of hydrogen-bond acceptors (Lipinski definition) is 8. The Bertz CT molecular complexity index is 1280. The molecule has 0 saturated heterocycles. The highest BCUT2D eigenvalue weighted by atomic mass is 32.1. The Morgan fingerprint density at radius 2 is 1.81 bits per heavy atom. The molecule has 10 heteroatoms. The molecule has 0 radical (unpaired) electrons. The van der Waals surface area contributed by atoms with Crippen molar-refractivity contribution < 1.29 is 9.18 Å². The van der Waals surface area contributed by atoms with Gasteiger partial charge < -0.3 is 0 Å². The minimum Gasteiger partial charge on any atom is -0.265 e. The summed E-state index contributed by atoms with van der Waals surface area (Å²) >= 11 is 2.65. The summed E-state index contributed by atoms with van der Waals surface area (Å²) < 4.78 is 13.4. The van der Waals surface area contributed by atoms with Gasteiger partial charge in [0.25, 0.3) is 0 Å².